The standard InChI is InChI=1S/C11H15N3OS2/c1-8-16-11-10(1)9-12-14(17-11)3-2-13-4-6-15-7-5-13/h1,8-9H,2-7H2. The Morgan fingerprint density at radius 1 is 1.29 bits per heavy atom. The van der Waals surface area contributed by atoms with Crippen molar-refractivity contribution < 1.29 is 4.74 Å². The van der Waals surface area contributed by atoms with Gasteiger partial charge in [0.25, 0.3) is 0 Å². The first-order valence-electron chi connectivity index (χ1n) is 5.79. The highest BCUT2D eigenvalue weighted by atomic mass is 32.2. The molecule has 1 aromatic heterocycles. The molecule has 0 amide bonds. The molecule has 3 heterocycles. The topological polar surface area (TPSA) is 28.1 Å². The predicted molar refractivity (Wildman–Crippen MR) is 71.7 cm³/mol. The van der Waals surface area contributed by atoms with Crippen molar-refractivity contribution >= 4 is 29.5 Å². The molecule has 4 nitrogen and oxygen atoms in total. The number of ether oxygens (including phenoxy) is 1. The van der Waals surface area contributed by atoms with Crippen LogP contribution >= 0.6 is 23.3 Å². The van der Waals surface area contributed by atoms with Gasteiger partial charge in [-0.05, 0) is 11.4 Å². The highest BCUT2D eigenvalue weighted by Crippen LogP contribution is 2.33. The lowest BCUT2D eigenvalue weighted by atomic mass is 10.4. The molecule has 3 rings (SSSR count). The normalized spacial score (nSPS) is 20.6. The molecule has 2 aliphatic heterocycles. The lowest BCUT2D eigenvalue weighted by Gasteiger charge is -2.29. The van der Waals surface area contributed by atoms with Crippen LogP contribution in [0.4, 0.5) is 0 Å². The summed E-state index contributed by atoms with van der Waals surface area (Å²) in [5, 5.41) is 6.57. The van der Waals surface area contributed by atoms with E-state index >= 15 is 0 Å². The number of fused-ring (bicyclic) bond motifs is 1. The summed E-state index contributed by atoms with van der Waals surface area (Å²) in [6.07, 6.45) is 1.96. The summed E-state index contributed by atoms with van der Waals surface area (Å²) in [4.78, 5) is 2.43. The van der Waals surface area contributed by atoms with Crippen LogP contribution in [-0.4, -0.2) is 54.9 Å². The molecule has 0 spiro atoms. The fourth-order valence-corrected chi connectivity index (χ4v) is 3.75. The van der Waals surface area contributed by atoms with Crippen LogP contribution in [-0.2, 0) is 4.74 Å². The van der Waals surface area contributed by atoms with Gasteiger partial charge in [0.05, 0.1) is 30.2 Å². The Hall–Kier alpha value is -0.560. The molecule has 1 saturated heterocycles. The van der Waals surface area contributed by atoms with E-state index in [0.29, 0.717) is 0 Å². The largest absolute Gasteiger partial charge is 0.379 e. The van der Waals surface area contributed by atoms with E-state index in [4.69, 9.17) is 4.74 Å². The van der Waals surface area contributed by atoms with Gasteiger partial charge in [-0.2, -0.15) is 5.10 Å². The lowest BCUT2D eigenvalue weighted by Crippen LogP contribution is -2.39. The molecule has 1 aromatic rings. The van der Waals surface area contributed by atoms with Crippen molar-refractivity contribution in [2.45, 2.75) is 4.21 Å². The maximum absolute atomic E-state index is 5.34. The van der Waals surface area contributed by atoms with E-state index in [1.807, 2.05) is 6.21 Å². The summed E-state index contributed by atoms with van der Waals surface area (Å²) >= 11 is 3.54. The van der Waals surface area contributed by atoms with Crippen LogP contribution in [0.1, 0.15) is 5.56 Å². The second-order valence-electron chi connectivity index (χ2n) is 4.03. The number of hydrazone groups is 1. The molecular weight excluding hydrogens is 254 g/mol. The van der Waals surface area contributed by atoms with Crippen molar-refractivity contribution in [2.75, 3.05) is 39.4 Å². The third-order valence-electron chi connectivity index (χ3n) is 2.88. The minimum atomic E-state index is 0.867. The Balaban J connectivity index is 1.50. The average Bonchev–Trinajstić information content (AvgIpc) is 2.85. The highest BCUT2D eigenvalue weighted by Gasteiger charge is 2.16. The van der Waals surface area contributed by atoms with Gasteiger partial charge in [0.15, 0.2) is 0 Å². The zero-order chi connectivity index (χ0) is 11.5. The van der Waals surface area contributed by atoms with E-state index < -0.39 is 0 Å². The Bertz CT molecular complexity index is 401. The highest BCUT2D eigenvalue weighted by molar-refractivity contribution is 7.99. The zero-order valence-corrected chi connectivity index (χ0v) is 11.2. The molecule has 0 unspecified atom stereocenters. The van der Waals surface area contributed by atoms with E-state index in [0.717, 1.165) is 39.4 Å². The van der Waals surface area contributed by atoms with Crippen LogP contribution in [0.2, 0.25) is 0 Å². The SMILES string of the molecule is C1=NN(CCN2CCOCC2)Sc2sccc21. The van der Waals surface area contributed by atoms with Crippen molar-refractivity contribution in [2.24, 2.45) is 5.10 Å². The van der Waals surface area contributed by atoms with Crippen molar-refractivity contribution in [3.8, 4) is 0 Å². The van der Waals surface area contributed by atoms with Gasteiger partial charge in [0.1, 0.15) is 0 Å². The van der Waals surface area contributed by atoms with Crippen LogP contribution in [0, 0.1) is 0 Å². The lowest BCUT2D eigenvalue weighted by molar-refractivity contribution is 0.0366. The third kappa shape index (κ3) is 2.82. The molecule has 0 atom stereocenters. The fourth-order valence-electron chi connectivity index (χ4n) is 1.88. The van der Waals surface area contributed by atoms with E-state index in [2.05, 4.69) is 25.9 Å². The number of hydrogen-bond donors (Lipinski definition) is 0. The van der Waals surface area contributed by atoms with Crippen LogP contribution in [0.3, 0.4) is 0 Å². The molecule has 0 saturated carbocycles. The van der Waals surface area contributed by atoms with E-state index in [1.165, 1.54) is 9.77 Å². The van der Waals surface area contributed by atoms with Crippen molar-refractivity contribution in [3.05, 3.63) is 17.0 Å². The first-order valence-corrected chi connectivity index (χ1v) is 7.44. The number of nitrogens with zero attached hydrogens (tertiary/aromatic N) is 3. The predicted octanol–water partition coefficient (Wildman–Crippen LogP) is 1.74. The summed E-state index contributed by atoms with van der Waals surface area (Å²) in [6, 6.07) is 2.12. The van der Waals surface area contributed by atoms with Gasteiger partial charge in [-0.1, -0.05) is 0 Å². The summed E-state index contributed by atoms with van der Waals surface area (Å²) in [6.45, 7) is 5.86. The second-order valence-corrected chi connectivity index (χ2v) is 6.22. The van der Waals surface area contributed by atoms with Gasteiger partial charge >= 0.3 is 0 Å². The molecule has 2 aliphatic rings. The summed E-state index contributed by atoms with van der Waals surface area (Å²) in [5.74, 6) is 0. The van der Waals surface area contributed by atoms with Crippen LogP contribution < -0.4 is 0 Å². The molecule has 0 radical (unpaired) electrons. The van der Waals surface area contributed by atoms with E-state index in [-0.39, 0.29) is 0 Å². The monoisotopic (exact) mass is 269 g/mol. The third-order valence-corrected chi connectivity index (χ3v) is 5.01. The van der Waals surface area contributed by atoms with Gasteiger partial charge in [-0.15, -0.1) is 11.3 Å². The molecular formula is C11H15N3OS2. The molecule has 6 heteroatoms. The number of thiophene rings is 1. The van der Waals surface area contributed by atoms with Gasteiger partial charge in [-0.25, -0.2) is 4.41 Å². The molecule has 0 N–H and O–H groups in total. The van der Waals surface area contributed by atoms with Gasteiger partial charge in [-0.3, -0.25) is 4.90 Å². The van der Waals surface area contributed by atoms with Crippen molar-refractivity contribution in [1.82, 2.24) is 9.31 Å². The fraction of sp³-hybridized carbons (Fsp3) is 0.545. The van der Waals surface area contributed by atoms with Crippen molar-refractivity contribution in [3.63, 3.8) is 0 Å². The number of hydrogen-bond acceptors (Lipinski definition) is 6. The first kappa shape index (κ1) is 11.5. The second kappa shape index (κ2) is 5.39. The van der Waals surface area contributed by atoms with Crippen LogP contribution in [0.5, 0.6) is 0 Å². The molecule has 0 aliphatic carbocycles. The maximum atomic E-state index is 5.34. The Morgan fingerprint density at radius 3 is 3.06 bits per heavy atom. The Labute approximate surface area is 109 Å². The van der Waals surface area contributed by atoms with Gasteiger partial charge in [0, 0.05) is 37.1 Å². The van der Waals surface area contributed by atoms with Gasteiger partial charge in [0.2, 0.25) is 0 Å². The molecule has 0 aromatic carbocycles. The van der Waals surface area contributed by atoms with E-state index in [1.54, 1.807) is 23.3 Å². The van der Waals surface area contributed by atoms with Gasteiger partial charge < -0.3 is 4.74 Å². The van der Waals surface area contributed by atoms with Crippen LogP contribution in [0.25, 0.3) is 0 Å². The minimum absolute atomic E-state index is 0.867. The molecule has 92 valence electrons. The molecule has 0 bridgehead atoms. The Morgan fingerprint density at radius 2 is 2.18 bits per heavy atom. The molecule has 1 fully saturated rings. The maximum Gasteiger partial charge on any atom is 0.0913 e. The smallest absolute Gasteiger partial charge is 0.0913 e. The zero-order valence-electron chi connectivity index (χ0n) is 9.54. The van der Waals surface area contributed by atoms with E-state index in [9.17, 15) is 0 Å². The first-order chi connectivity index (χ1) is 8.42. The number of rotatable bonds is 3. The summed E-state index contributed by atoms with van der Waals surface area (Å²) < 4.78 is 8.77. The Kier molecular flexibility index (Phi) is 3.65. The average molecular weight is 269 g/mol. The summed E-state index contributed by atoms with van der Waals surface area (Å²) in [7, 11) is 0. The van der Waals surface area contributed by atoms with Crippen LogP contribution in [0.15, 0.2) is 20.8 Å². The summed E-state index contributed by atoms with van der Waals surface area (Å²) in [5.41, 5.74) is 1.25. The number of morpholine rings is 1. The minimum Gasteiger partial charge on any atom is -0.379 e. The van der Waals surface area contributed by atoms with Crippen molar-refractivity contribution in [1.29, 1.82) is 0 Å². The molecule has 17 heavy (non-hydrogen) atoms. The quantitative estimate of drug-likeness (QED) is 0.781.